The summed E-state index contributed by atoms with van der Waals surface area (Å²) in [5.41, 5.74) is 1.05. The third kappa shape index (κ3) is 1.97. The van der Waals surface area contributed by atoms with Gasteiger partial charge in [-0.05, 0) is 18.9 Å². The van der Waals surface area contributed by atoms with E-state index in [4.69, 9.17) is 4.42 Å². The summed E-state index contributed by atoms with van der Waals surface area (Å²) in [5, 5.41) is 0. The van der Waals surface area contributed by atoms with Crippen LogP contribution in [0.4, 0.5) is 0 Å². The van der Waals surface area contributed by atoms with Crippen LogP contribution in [0.15, 0.2) is 16.7 Å². The fraction of sp³-hybridized carbons (Fsp3) is 0.500. The van der Waals surface area contributed by atoms with E-state index in [1.165, 1.54) is 6.92 Å². The zero-order valence-electron chi connectivity index (χ0n) is 7.59. The average molecular weight is 166 g/mol. The Labute approximate surface area is 72.6 Å². The molecular formula is C10H14O2. The lowest BCUT2D eigenvalue weighted by atomic mass is 10.1. The highest BCUT2D eigenvalue weighted by molar-refractivity contribution is 5.92. The van der Waals surface area contributed by atoms with Crippen LogP contribution in [0.3, 0.4) is 0 Å². The molecule has 0 aliphatic heterocycles. The van der Waals surface area contributed by atoms with Crippen LogP contribution in [0.25, 0.3) is 0 Å². The number of ketones is 1. The van der Waals surface area contributed by atoms with Crippen LogP contribution in [0, 0.1) is 0 Å². The van der Waals surface area contributed by atoms with Gasteiger partial charge in [-0.25, -0.2) is 0 Å². The third-order valence-corrected chi connectivity index (χ3v) is 1.87. The molecular weight excluding hydrogens is 152 g/mol. The highest BCUT2D eigenvalue weighted by Crippen LogP contribution is 2.13. The molecule has 1 aromatic heterocycles. The lowest BCUT2D eigenvalue weighted by Gasteiger charge is -1.96. The Bertz CT molecular complexity index is 261. The van der Waals surface area contributed by atoms with E-state index in [1.54, 1.807) is 6.26 Å². The molecule has 0 aliphatic carbocycles. The van der Waals surface area contributed by atoms with Crippen molar-refractivity contribution in [1.82, 2.24) is 0 Å². The smallest absolute Gasteiger partial charge is 0.195 e. The van der Waals surface area contributed by atoms with Crippen LogP contribution < -0.4 is 0 Å². The van der Waals surface area contributed by atoms with Crippen molar-refractivity contribution in [2.45, 2.75) is 33.1 Å². The quantitative estimate of drug-likeness (QED) is 0.644. The Morgan fingerprint density at radius 3 is 2.92 bits per heavy atom. The second kappa shape index (κ2) is 4.10. The SMILES string of the molecule is CCCCc1ccoc1C(C)=O. The molecule has 0 atom stereocenters. The van der Waals surface area contributed by atoms with Crippen LogP contribution in [0.5, 0.6) is 0 Å². The first-order valence-corrected chi connectivity index (χ1v) is 4.33. The van der Waals surface area contributed by atoms with Gasteiger partial charge in [-0.15, -0.1) is 0 Å². The summed E-state index contributed by atoms with van der Waals surface area (Å²) in [5.74, 6) is 0.551. The Morgan fingerprint density at radius 2 is 2.33 bits per heavy atom. The first-order chi connectivity index (χ1) is 5.75. The molecule has 0 aliphatic rings. The molecule has 66 valence electrons. The van der Waals surface area contributed by atoms with E-state index < -0.39 is 0 Å². The van der Waals surface area contributed by atoms with Crippen molar-refractivity contribution in [3.8, 4) is 0 Å². The van der Waals surface area contributed by atoms with Gasteiger partial charge in [0.2, 0.25) is 0 Å². The predicted molar refractivity (Wildman–Crippen MR) is 47.3 cm³/mol. The van der Waals surface area contributed by atoms with E-state index in [0.29, 0.717) is 5.76 Å². The molecule has 1 aromatic rings. The third-order valence-electron chi connectivity index (χ3n) is 1.87. The zero-order valence-corrected chi connectivity index (χ0v) is 7.59. The Kier molecular flexibility index (Phi) is 3.09. The Hall–Kier alpha value is -1.05. The highest BCUT2D eigenvalue weighted by Gasteiger charge is 2.09. The molecule has 0 unspecified atom stereocenters. The molecule has 0 radical (unpaired) electrons. The zero-order chi connectivity index (χ0) is 8.97. The number of Topliss-reactive ketones (excluding diaryl/α,β-unsaturated/α-hetero) is 1. The number of hydrogen-bond donors (Lipinski definition) is 0. The Balaban J connectivity index is 2.70. The van der Waals surface area contributed by atoms with Crippen molar-refractivity contribution in [3.63, 3.8) is 0 Å². The van der Waals surface area contributed by atoms with Gasteiger partial charge in [0.15, 0.2) is 11.5 Å². The van der Waals surface area contributed by atoms with Crippen LogP contribution in [0.1, 0.15) is 42.8 Å². The summed E-state index contributed by atoms with van der Waals surface area (Å²) < 4.78 is 5.07. The molecule has 0 fully saturated rings. The van der Waals surface area contributed by atoms with Gasteiger partial charge in [0, 0.05) is 12.5 Å². The number of aryl methyl sites for hydroxylation is 1. The molecule has 2 nitrogen and oxygen atoms in total. The minimum Gasteiger partial charge on any atom is -0.461 e. The van der Waals surface area contributed by atoms with Gasteiger partial charge in [-0.2, -0.15) is 0 Å². The maximum Gasteiger partial charge on any atom is 0.195 e. The van der Waals surface area contributed by atoms with Crippen molar-refractivity contribution in [2.75, 3.05) is 0 Å². The average Bonchev–Trinajstić information content (AvgIpc) is 2.48. The summed E-state index contributed by atoms with van der Waals surface area (Å²) in [6, 6.07) is 1.88. The number of hydrogen-bond acceptors (Lipinski definition) is 2. The van der Waals surface area contributed by atoms with Crippen molar-refractivity contribution in [1.29, 1.82) is 0 Å². The van der Waals surface area contributed by atoms with E-state index in [9.17, 15) is 4.79 Å². The second-order valence-corrected chi connectivity index (χ2v) is 2.93. The molecule has 0 spiro atoms. The largest absolute Gasteiger partial charge is 0.461 e. The number of unbranched alkanes of at least 4 members (excludes halogenated alkanes) is 1. The lowest BCUT2D eigenvalue weighted by Crippen LogP contribution is -1.95. The van der Waals surface area contributed by atoms with Gasteiger partial charge in [0.1, 0.15) is 0 Å². The number of carbonyl (C=O) groups excluding carboxylic acids is 1. The van der Waals surface area contributed by atoms with Crippen molar-refractivity contribution < 1.29 is 9.21 Å². The molecule has 1 heterocycles. The molecule has 0 saturated carbocycles. The van der Waals surface area contributed by atoms with Gasteiger partial charge >= 0.3 is 0 Å². The fourth-order valence-corrected chi connectivity index (χ4v) is 1.21. The summed E-state index contributed by atoms with van der Waals surface area (Å²) in [7, 11) is 0. The summed E-state index contributed by atoms with van der Waals surface area (Å²) >= 11 is 0. The first kappa shape index (κ1) is 9.04. The topological polar surface area (TPSA) is 30.2 Å². The van der Waals surface area contributed by atoms with Crippen LogP contribution in [0.2, 0.25) is 0 Å². The maximum absolute atomic E-state index is 11.0. The van der Waals surface area contributed by atoms with Crippen LogP contribution in [-0.4, -0.2) is 5.78 Å². The van der Waals surface area contributed by atoms with Gasteiger partial charge in [0.05, 0.1) is 6.26 Å². The number of carbonyl (C=O) groups is 1. The van der Waals surface area contributed by atoms with Gasteiger partial charge in [0.25, 0.3) is 0 Å². The molecule has 0 N–H and O–H groups in total. The predicted octanol–water partition coefficient (Wildman–Crippen LogP) is 2.82. The lowest BCUT2D eigenvalue weighted by molar-refractivity contribution is 0.0986. The van der Waals surface area contributed by atoms with Gasteiger partial charge in [-0.1, -0.05) is 13.3 Å². The number of furan rings is 1. The highest BCUT2D eigenvalue weighted by atomic mass is 16.3. The number of rotatable bonds is 4. The minimum absolute atomic E-state index is 0.0195. The molecule has 1 rings (SSSR count). The van der Waals surface area contributed by atoms with Crippen molar-refractivity contribution in [3.05, 3.63) is 23.7 Å². The van der Waals surface area contributed by atoms with Gasteiger partial charge < -0.3 is 4.42 Å². The summed E-state index contributed by atoms with van der Waals surface area (Å²) in [4.78, 5) is 11.0. The molecule has 12 heavy (non-hydrogen) atoms. The second-order valence-electron chi connectivity index (χ2n) is 2.93. The normalized spacial score (nSPS) is 10.2. The standard InChI is InChI=1S/C10H14O2/c1-3-4-5-9-6-7-12-10(9)8(2)11/h6-7H,3-5H2,1-2H3. The monoisotopic (exact) mass is 166 g/mol. The Morgan fingerprint density at radius 1 is 1.58 bits per heavy atom. The molecule has 0 bridgehead atoms. The summed E-state index contributed by atoms with van der Waals surface area (Å²) in [6.45, 7) is 3.67. The fourth-order valence-electron chi connectivity index (χ4n) is 1.21. The molecule has 0 saturated heterocycles. The first-order valence-electron chi connectivity index (χ1n) is 4.33. The van der Waals surface area contributed by atoms with E-state index >= 15 is 0 Å². The minimum atomic E-state index is 0.0195. The van der Waals surface area contributed by atoms with Crippen LogP contribution >= 0.6 is 0 Å². The van der Waals surface area contributed by atoms with E-state index in [2.05, 4.69) is 6.92 Å². The maximum atomic E-state index is 11.0. The molecule has 2 heteroatoms. The van der Waals surface area contributed by atoms with Crippen molar-refractivity contribution in [2.24, 2.45) is 0 Å². The molecule has 0 aromatic carbocycles. The van der Waals surface area contributed by atoms with E-state index in [1.807, 2.05) is 6.07 Å². The van der Waals surface area contributed by atoms with Crippen LogP contribution in [-0.2, 0) is 6.42 Å². The van der Waals surface area contributed by atoms with E-state index in [0.717, 1.165) is 24.8 Å². The van der Waals surface area contributed by atoms with Crippen molar-refractivity contribution >= 4 is 5.78 Å². The molecule has 0 amide bonds. The summed E-state index contributed by atoms with van der Waals surface area (Å²) in [6.07, 6.45) is 4.78. The van der Waals surface area contributed by atoms with Gasteiger partial charge in [-0.3, -0.25) is 4.79 Å². The van der Waals surface area contributed by atoms with E-state index in [-0.39, 0.29) is 5.78 Å².